The summed E-state index contributed by atoms with van der Waals surface area (Å²) >= 11 is 1.43. The van der Waals surface area contributed by atoms with Crippen molar-refractivity contribution < 1.29 is 0 Å². The van der Waals surface area contributed by atoms with Gasteiger partial charge in [0.25, 0.3) is 0 Å². The molecule has 124 valence electrons. The van der Waals surface area contributed by atoms with Gasteiger partial charge in [-0.05, 0) is 30.7 Å². The molecular formula is C17H15N7S. The van der Waals surface area contributed by atoms with Crippen LogP contribution >= 0.6 is 11.8 Å². The molecule has 0 bridgehead atoms. The summed E-state index contributed by atoms with van der Waals surface area (Å²) in [7, 11) is 0. The Hall–Kier alpha value is -3.18. The zero-order valence-corrected chi connectivity index (χ0v) is 14.3. The lowest BCUT2D eigenvalue weighted by atomic mass is 10.2. The third kappa shape index (κ3) is 4.43. The van der Waals surface area contributed by atoms with E-state index in [1.165, 1.54) is 11.8 Å². The van der Waals surface area contributed by atoms with E-state index in [0.29, 0.717) is 23.1 Å². The Balaban J connectivity index is 1.75. The van der Waals surface area contributed by atoms with Crippen LogP contribution in [-0.2, 0) is 5.75 Å². The lowest BCUT2D eigenvalue weighted by Gasteiger charge is -2.09. The van der Waals surface area contributed by atoms with E-state index in [9.17, 15) is 0 Å². The van der Waals surface area contributed by atoms with Gasteiger partial charge in [-0.25, -0.2) is 4.98 Å². The van der Waals surface area contributed by atoms with Crippen LogP contribution in [0.3, 0.4) is 0 Å². The van der Waals surface area contributed by atoms with E-state index >= 15 is 0 Å². The molecule has 3 aromatic rings. The van der Waals surface area contributed by atoms with Gasteiger partial charge in [-0.1, -0.05) is 30.0 Å². The predicted molar refractivity (Wildman–Crippen MR) is 97.2 cm³/mol. The highest BCUT2D eigenvalue weighted by atomic mass is 32.2. The van der Waals surface area contributed by atoms with E-state index in [0.717, 1.165) is 16.3 Å². The largest absolute Gasteiger partial charge is 0.368 e. The molecule has 3 rings (SSSR count). The van der Waals surface area contributed by atoms with Gasteiger partial charge in [0, 0.05) is 11.9 Å². The van der Waals surface area contributed by atoms with Crippen molar-refractivity contribution in [3.8, 4) is 6.07 Å². The molecule has 0 radical (unpaired) electrons. The number of nitriles is 1. The number of hydrogen-bond acceptors (Lipinski definition) is 8. The van der Waals surface area contributed by atoms with Crippen LogP contribution in [0, 0.1) is 18.3 Å². The normalized spacial score (nSPS) is 10.2. The highest BCUT2D eigenvalue weighted by molar-refractivity contribution is 7.98. The van der Waals surface area contributed by atoms with Gasteiger partial charge in [0.05, 0.1) is 22.4 Å². The second-order valence-electron chi connectivity index (χ2n) is 5.16. The van der Waals surface area contributed by atoms with Gasteiger partial charge < -0.3 is 11.1 Å². The molecule has 0 saturated carbocycles. The van der Waals surface area contributed by atoms with Crippen molar-refractivity contribution in [1.82, 2.24) is 19.9 Å². The van der Waals surface area contributed by atoms with E-state index < -0.39 is 0 Å². The van der Waals surface area contributed by atoms with Crippen LogP contribution in [0.4, 0.5) is 17.6 Å². The number of rotatable bonds is 5. The molecule has 0 aliphatic rings. The number of nitrogen functional groups attached to an aromatic ring is 1. The van der Waals surface area contributed by atoms with Crippen LogP contribution in [0.5, 0.6) is 0 Å². The molecule has 0 fully saturated rings. The molecule has 2 heterocycles. The van der Waals surface area contributed by atoms with E-state index in [1.54, 1.807) is 18.3 Å². The number of nitrogens with two attached hydrogens (primary N) is 1. The molecule has 0 spiro atoms. The number of nitrogens with one attached hydrogen (secondary N) is 1. The second kappa shape index (κ2) is 7.59. The Morgan fingerprint density at radius 1 is 1.20 bits per heavy atom. The molecular weight excluding hydrogens is 334 g/mol. The number of anilines is 3. The third-order valence-electron chi connectivity index (χ3n) is 3.30. The Bertz CT molecular complexity index is 936. The minimum absolute atomic E-state index is 0.153. The Morgan fingerprint density at radius 3 is 2.84 bits per heavy atom. The van der Waals surface area contributed by atoms with Crippen LogP contribution in [0.1, 0.15) is 17.0 Å². The van der Waals surface area contributed by atoms with Crippen LogP contribution in [0.25, 0.3) is 0 Å². The van der Waals surface area contributed by atoms with Crippen LogP contribution in [0.15, 0.2) is 47.6 Å². The first-order valence-corrected chi connectivity index (χ1v) is 8.44. The van der Waals surface area contributed by atoms with Crippen molar-refractivity contribution in [2.24, 2.45) is 0 Å². The fourth-order valence-corrected chi connectivity index (χ4v) is 2.84. The first kappa shape index (κ1) is 16.7. The number of hydrogen-bond donors (Lipinski definition) is 2. The lowest BCUT2D eigenvalue weighted by molar-refractivity contribution is 0.979. The summed E-state index contributed by atoms with van der Waals surface area (Å²) in [6.45, 7) is 2.00. The highest BCUT2D eigenvalue weighted by Crippen LogP contribution is 2.22. The summed E-state index contributed by atoms with van der Waals surface area (Å²) in [5.74, 6) is 1.56. The maximum atomic E-state index is 8.94. The smallest absolute Gasteiger partial charge is 0.232 e. The SMILES string of the molecule is Cc1ccccc1Nc1nc(N)nc(CSc2cc(C#N)ccn2)n1. The minimum Gasteiger partial charge on any atom is -0.368 e. The second-order valence-corrected chi connectivity index (χ2v) is 6.15. The summed E-state index contributed by atoms with van der Waals surface area (Å²) in [4.78, 5) is 16.9. The van der Waals surface area contributed by atoms with Crippen LogP contribution in [-0.4, -0.2) is 19.9 Å². The zero-order chi connectivity index (χ0) is 17.6. The molecule has 2 aromatic heterocycles. The monoisotopic (exact) mass is 349 g/mol. The molecule has 0 atom stereocenters. The number of pyridine rings is 1. The third-order valence-corrected chi connectivity index (χ3v) is 4.23. The molecule has 3 N–H and O–H groups in total. The molecule has 0 aliphatic heterocycles. The number of benzene rings is 1. The van der Waals surface area contributed by atoms with Gasteiger partial charge in [-0.15, -0.1) is 0 Å². The number of aryl methyl sites for hydroxylation is 1. The Morgan fingerprint density at radius 2 is 2.04 bits per heavy atom. The summed E-state index contributed by atoms with van der Waals surface area (Å²) in [5.41, 5.74) is 8.35. The van der Waals surface area contributed by atoms with E-state index in [4.69, 9.17) is 11.0 Å². The number of thioether (sulfide) groups is 1. The summed E-state index contributed by atoms with van der Waals surface area (Å²) in [6, 6.07) is 13.3. The topological polar surface area (TPSA) is 113 Å². The van der Waals surface area contributed by atoms with E-state index in [-0.39, 0.29) is 5.95 Å². The van der Waals surface area contributed by atoms with Crippen molar-refractivity contribution in [2.45, 2.75) is 17.7 Å². The summed E-state index contributed by atoms with van der Waals surface area (Å²) in [6.07, 6.45) is 1.60. The average Bonchev–Trinajstić information content (AvgIpc) is 2.62. The summed E-state index contributed by atoms with van der Waals surface area (Å²) in [5, 5.41) is 12.8. The molecule has 1 aromatic carbocycles. The van der Waals surface area contributed by atoms with Gasteiger partial charge in [0.2, 0.25) is 11.9 Å². The van der Waals surface area contributed by atoms with Crippen LogP contribution < -0.4 is 11.1 Å². The zero-order valence-electron chi connectivity index (χ0n) is 13.5. The first-order chi connectivity index (χ1) is 12.1. The summed E-state index contributed by atoms with van der Waals surface area (Å²) < 4.78 is 0. The molecule has 7 nitrogen and oxygen atoms in total. The van der Waals surface area contributed by atoms with Gasteiger partial charge in [0.1, 0.15) is 5.82 Å². The lowest BCUT2D eigenvalue weighted by Crippen LogP contribution is -2.07. The molecule has 0 amide bonds. The maximum Gasteiger partial charge on any atom is 0.232 e. The Kier molecular flexibility index (Phi) is 5.06. The van der Waals surface area contributed by atoms with Crippen molar-refractivity contribution in [1.29, 1.82) is 5.26 Å². The quantitative estimate of drug-likeness (QED) is 0.676. The molecule has 0 saturated heterocycles. The standard InChI is InChI=1S/C17H15N7S/c1-11-4-2-3-5-13(11)21-17-23-14(22-16(19)24-17)10-25-15-8-12(9-18)6-7-20-15/h2-8H,10H2,1H3,(H3,19,21,22,23,24). The van der Waals surface area contributed by atoms with E-state index in [2.05, 4.69) is 31.3 Å². The number of para-hydroxylation sites is 1. The number of aromatic nitrogens is 4. The average molecular weight is 349 g/mol. The first-order valence-electron chi connectivity index (χ1n) is 7.46. The van der Waals surface area contributed by atoms with E-state index in [1.807, 2.05) is 31.2 Å². The van der Waals surface area contributed by atoms with Crippen molar-refractivity contribution in [3.05, 3.63) is 59.5 Å². The number of nitrogens with zero attached hydrogens (tertiary/aromatic N) is 5. The van der Waals surface area contributed by atoms with Gasteiger partial charge in [-0.2, -0.15) is 20.2 Å². The van der Waals surface area contributed by atoms with Gasteiger partial charge in [-0.3, -0.25) is 0 Å². The van der Waals surface area contributed by atoms with Crippen molar-refractivity contribution in [3.63, 3.8) is 0 Å². The maximum absolute atomic E-state index is 8.94. The molecule has 0 unspecified atom stereocenters. The minimum atomic E-state index is 0.153. The van der Waals surface area contributed by atoms with Gasteiger partial charge >= 0.3 is 0 Å². The predicted octanol–water partition coefficient (Wildman–Crippen LogP) is 3.06. The molecule has 8 heteroatoms. The fraction of sp³-hybridized carbons (Fsp3) is 0.118. The fourth-order valence-electron chi connectivity index (χ4n) is 2.09. The molecule has 0 aliphatic carbocycles. The van der Waals surface area contributed by atoms with Crippen LogP contribution in [0.2, 0.25) is 0 Å². The van der Waals surface area contributed by atoms with Crippen molar-refractivity contribution in [2.75, 3.05) is 11.1 Å². The van der Waals surface area contributed by atoms with Gasteiger partial charge in [0.15, 0.2) is 0 Å². The highest BCUT2D eigenvalue weighted by Gasteiger charge is 2.08. The van der Waals surface area contributed by atoms with Crippen molar-refractivity contribution >= 4 is 29.3 Å². The Labute approximate surface area is 149 Å². The molecule has 25 heavy (non-hydrogen) atoms.